The van der Waals surface area contributed by atoms with E-state index in [0.717, 1.165) is 0 Å². The van der Waals surface area contributed by atoms with E-state index in [0.29, 0.717) is 0 Å². The van der Waals surface area contributed by atoms with Gasteiger partial charge in [0.25, 0.3) is 0 Å². The van der Waals surface area contributed by atoms with Gasteiger partial charge in [-0.2, -0.15) is 0 Å². The molecule has 1 atom stereocenters. The van der Waals surface area contributed by atoms with Crippen LogP contribution in [0, 0.1) is 6.92 Å². The van der Waals surface area contributed by atoms with Gasteiger partial charge in [-0.25, -0.2) is 0 Å². The summed E-state index contributed by atoms with van der Waals surface area (Å²) in [5, 5.41) is 4.46. The lowest BCUT2D eigenvalue weighted by Crippen LogP contribution is -2.32. The molecule has 0 saturated heterocycles. The Kier molecular flexibility index (Phi) is 4.58. The molecule has 6 rings (SSSR count). The number of hydrogen-bond donors (Lipinski definition) is 0. The first-order valence-corrected chi connectivity index (χ1v) is 12.7. The lowest BCUT2D eigenvalue weighted by molar-refractivity contribution is 0.507. The van der Waals surface area contributed by atoms with Crippen molar-refractivity contribution in [3.05, 3.63) is 125 Å². The number of fused-ring (bicyclic) bond motifs is 4. The maximum Gasteiger partial charge on any atom is 0.0223 e. The van der Waals surface area contributed by atoms with E-state index in [9.17, 15) is 0 Å². The van der Waals surface area contributed by atoms with Crippen LogP contribution in [0.3, 0.4) is 0 Å². The standard InChI is InChI=1S/C30H27P/c1-22-10-8-11-23-18-20-30(28(22)23)21-19-24-12-9-17-27(29(24)30)31(25-13-4-2-5-14-25)26-15-6-3-7-16-26/h2-17H,18-21H2,1H3/t30-/m0/s1. The highest BCUT2D eigenvalue weighted by molar-refractivity contribution is 7.79. The van der Waals surface area contributed by atoms with Gasteiger partial charge in [0.05, 0.1) is 0 Å². The van der Waals surface area contributed by atoms with E-state index >= 15 is 0 Å². The average molecular weight is 419 g/mol. The summed E-state index contributed by atoms with van der Waals surface area (Å²) in [6.45, 7) is 2.32. The molecule has 0 N–H and O–H groups in total. The van der Waals surface area contributed by atoms with E-state index in [-0.39, 0.29) is 5.41 Å². The van der Waals surface area contributed by atoms with Crippen molar-refractivity contribution in [2.24, 2.45) is 0 Å². The molecule has 4 aromatic rings. The third-order valence-corrected chi connectivity index (χ3v) is 9.84. The second kappa shape index (κ2) is 7.47. The van der Waals surface area contributed by atoms with Crippen LogP contribution >= 0.6 is 7.92 Å². The van der Waals surface area contributed by atoms with Crippen molar-refractivity contribution < 1.29 is 0 Å². The van der Waals surface area contributed by atoms with Gasteiger partial charge in [0.15, 0.2) is 0 Å². The molecule has 0 fully saturated rings. The molecule has 4 aromatic carbocycles. The Morgan fingerprint density at radius 1 is 0.581 bits per heavy atom. The summed E-state index contributed by atoms with van der Waals surface area (Å²) in [6.07, 6.45) is 4.91. The van der Waals surface area contributed by atoms with Crippen LogP contribution in [0.4, 0.5) is 0 Å². The summed E-state index contributed by atoms with van der Waals surface area (Å²) in [5.41, 5.74) is 8.11. The predicted octanol–water partition coefficient (Wildman–Crippen LogP) is 5.93. The van der Waals surface area contributed by atoms with Crippen molar-refractivity contribution in [2.75, 3.05) is 0 Å². The van der Waals surface area contributed by atoms with Crippen LogP contribution in [-0.4, -0.2) is 0 Å². The fraction of sp³-hybridized carbons (Fsp3) is 0.200. The molecule has 0 aromatic heterocycles. The van der Waals surface area contributed by atoms with Crippen molar-refractivity contribution >= 4 is 23.8 Å². The van der Waals surface area contributed by atoms with Gasteiger partial charge in [-0.15, -0.1) is 0 Å². The van der Waals surface area contributed by atoms with Gasteiger partial charge in [-0.1, -0.05) is 97.1 Å². The molecule has 0 bridgehead atoms. The van der Waals surface area contributed by atoms with Crippen LogP contribution in [0.15, 0.2) is 97.1 Å². The highest BCUT2D eigenvalue weighted by atomic mass is 31.1. The summed E-state index contributed by atoms with van der Waals surface area (Å²) in [6, 6.07) is 36.4. The molecule has 0 amide bonds. The van der Waals surface area contributed by atoms with Crippen molar-refractivity contribution in [1.82, 2.24) is 0 Å². The maximum atomic E-state index is 2.44. The molecule has 31 heavy (non-hydrogen) atoms. The predicted molar refractivity (Wildman–Crippen MR) is 134 cm³/mol. The number of rotatable bonds is 3. The highest BCUT2D eigenvalue weighted by Gasteiger charge is 2.47. The SMILES string of the molecule is Cc1cccc2c1[C@]1(CC2)CCc2cccc(P(c3ccccc3)c3ccccc3)c21. The number of hydrogen-bond acceptors (Lipinski definition) is 0. The first-order chi connectivity index (χ1) is 15.3. The van der Waals surface area contributed by atoms with Gasteiger partial charge in [0, 0.05) is 5.41 Å². The largest absolute Gasteiger partial charge is 0.0622 e. The average Bonchev–Trinajstić information content (AvgIpc) is 3.39. The molecular formula is C30H27P. The van der Waals surface area contributed by atoms with Crippen molar-refractivity contribution in [1.29, 1.82) is 0 Å². The molecule has 152 valence electrons. The lowest BCUT2D eigenvalue weighted by Gasteiger charge is -2.33. The quantitative estimate of drug-likeness (QED) is 0.362. The molecule has 0 radical (unpaired) electrons. The van der Waals surface area contributed by atoms with Gasteiger partial charge in [-0.3, -0.25) is 0 Å². The molecule has 0 heterocycles. The van der Waals surface area contributed by atoms with E-state index in [1.807, 2.05) is 0 Å². The Morgan fingerprint density at radius 3 is 1.74 bits per heavy atom. The molecular weight excluding hydrogens is 391 g/mol. The fourth-order valence-electron chi connectivity index (χ4n) is 6.18. The van der Waals surface area contributed by atoms with E-state index in [4.69, 9.17) is 0 Å². The Balaban J connectivity index is 1.62. The zero-order valence-corrected chi connectivity index (χ0v) is 18.9. The van der Waals surface area contributed by atoms with Crippen molar-refractivity contribution in [3.63, 3.8) is 0 Å². The Bertz CT molecular complexity index is 1200. The maximum absolute atomic E-state index is 2.44. The third-order valence-electron chi connectivity index (χ3n) is 7.36. The van der Waals surface area contributed by atoms with Crippen LogP contribution in [0.2, 0.25) is 0 Å². The van der Waals surface area contributed by atoms with Crippen molar-refractivity contribution in [2.45, 2.75) is 38.0 Å². The molecule has 0 saturated carbocycles. The van der Waals surface area contributed by atoms with E-state index in [2.05, 4.69) is 104 Å². The normalized spacial score (nSPS) is 19.0. The summed E-state index contributed by atoms with van der Waals surface area (Å²) in [7, 11) is -0.590. The van der Waals surface area contributed by atoms with E-state index in [1.165, 1.54) is 41.9 Å². The summed E-state index contributed by atoms with van der Waals surface area (Å²) in [4.78, 5) is 0. The molecule has 1 spiro atoms. The number of aryl methyl sites for hydroxylation is 3. The van der Waals surface area contributed by atoms with Crippen LogP contribution in [-0.2, 0) is 18.3 Å². The molecule has 1 heteroatoms. The minimum absolute atomic E-state index is 0.191. The monoisotopic (exact) mass is 418 g/mol. The second-order valence-corrected chi connectivity index (χ2v) is 11.2. The van der Waals surface area contributed by atoms with Gasteiger partial charge in [0.1, 0.15) is 0 Å². The first kappa shape index (κ1) is 19.0. The van der Waals surface area contributed by atoms with E-state index in [1.54, 1.807) is 27.6 Å². The third kappa shape index (κ3) is 2.93. The van der Waals surface area contributed by atoms with Gasteiger partial charge in [0.2, 0.25) is 0 Å². The second-order valence-electron chi connectivity index (χ2n) is 9.01. The Morgan fingerprint density at radius 2 is 1.13 bits per heavy atom. The smallest absolute Gasteiger partial charge is 0.0223 e. The summed E-state index contributed by atoms with van der Waals surface area (Å²) < 4.78 is 0. The topological polar surface area (TPSA) is 0 Å². The van der Waals surface area contributed by atoms with E-state index < -0.39 is 7.92 Å². The van der Waals surface area contributed by atoms with Gasteiger partial charge in [-0.05, 0) is 84.3 Å². The Labute approximate surface area is 186 Å². The zero-order valence-electron chi connectivity index (χ0n) is 18.0. The van der Waals surface area contributed by atoms with Crippen LogP contribution in [0.25, 0.3) is 0 Å². The molecule has 0 nitrogen and oxygen atoms in total. The molecule has 2 aliphatic carbocycles. The Hall–Kier alpha value is -2.69. The van der Waals surface area contributed by atoms with Crippen LogP contribution in [0.5, 0.6) is 0 Å². The first-order valence-electron chi connectivity index (χ1n) is 11.4. The minimum atomic E-state index is -0.590. The molecule has 0 aliphatic heterocycles. The van der Waals surface area contributed by atoms with Gasteiger partial charge >= 0.3 is 0 Å². The fourth-order valence-corrected chi connectivity index (χ4v) is 8.79. The lowest BCUT2D eigenvalue weighted by atomic mass is 9.75. The van der Waals surface area contributed by atoms with Gasteiger partial charge < -0.3 is 0 Å². The molecule has 2 aliphatic rings. The zero-order chi connectivity index (χ0) is 20.8. The van der Waals surface area contributed by atoms with Crippen LogP contribution < -0.4 is 15.9 Å². The van der Waals surface area contributed by atoms with Crippen molar-refractivity contribution in [3.8, 4) is 0 Å². The molecule has 0 unspecified atom stereocenters. The number of benzene rings is 4. The summed E-state index contributed by atoms with van der Waals surface area (Å²) >= 11 is 0. The minimum Gasteiger partial charge on any atom is -0.0622 e. The van der Waals surface area contributed by atoms with Crippen LogP contribution in [0.1, 0.15) is 40.7 Å². The summed E-state index contributed by atoms with van der Waals surface area (Å²) in [5.74, 6) is 0. The highest BCUT2D eigenvalue weighted by Crippen LogP contribution is 2.54.